The third-order valence-electron chi connectivity index (χ3n) is 2.96. The minimum atomic E-state index is -4.53. The van der Waals surface area contributed by atoms with Crippen LogP contribution in [0.5, 0.6) is 5.75 Å². The van der Waals surface area contributed by atoms with Gasteiger partial charge < -0.3 is 4.74 Å². The molecule has 0 saturated carbocycles. The third-order valence-corrected chi connectivity index (χ3v) is 2.96. The summed E-state index contributed by atoms with van der Waals surface area (Å²) in [5.41, 5.74) is 0.669. The Balaban J connectivity index is 1.99. The van der Waals surface area contributed by atoms with Crippen LogP contribution in [-0.2, 0) is 12.9 Å². The summed E-state index contributed by atoms with van der Waals surface area (Å²) in [5.74, 6) is -0.495. The van der Waals surface area contributed by atoms with Crippen LogP contribution in [0.25, 0.3) is 11.0 Å². The maximum atomic E-state index is 13.1. The van der Waals surface area contributed by atoms with Crippen molar-refractivity contribution in [1.29, 1.82) is 0 Å². The zero-order valence-electron chi connectivity index (χ0n) is 10.8. The van der Waals surface area contributed by atoms with Crippen molar-refractivity contribution in [2.24, 2.45) is 0 Å². The van der Waals surface area contributed by atoms with Crippen molar-refractivity contribution in [3.8, 4) is 5.75 Å². The minimum absolute atomic E-state index is 0.265. The van der Waals surface area contributed by atoms with E-state index in [-0.39, 0.29) is 12.2 Å². The molecule has 0 fully saturated rings. The second-order valence-electron chi connectivity index (χ2n) is 4.36. The second kappa shape index (κ2) is 5.12. The zero-order valence-corrected chi connectivity index (χ0v) is 10.8. The molecule has 0 unspecified atom stereocenters. The Morgan fingerprint density at radius 1 is 1.10 bits per heavy atom. The number of halogens is 3. The number of para-hydroxylation sites is 2. The van der Waals surface area contributed by atoms with Gasteiger partial charge in [0.1, 0.15) is 5.75 Å². The highest BCUT2D eigenvalue weighted by atomic mass is 19.4. The van der Waals surface area contributed by atoms with E-state index < -0.39 is 12.0 Å². The van der Waals surface area contributed by atoms with Gasteiger partial charge in [-0.2, -0.15) is 13.2 Å². The number of hydrogen-bond donors (Lipinski definition) is 0. The number of imidazole rings is 1. The normalized spacial score (nSPS) is 11.8. The number of fused-ring (bicyclic) bond motifs is 1. The van der Waals surface area contributed by atoms with Crippen LogP contribution in [0, 0.1) is 6.07 Å². The Bertz CT molecular complexity index is 750. The van der Waals surface area contributed by atoms with Crippen LogP contribution >= 0.6 is 0 Å². The Morgan fingerprint density at radius 3 is 2.52 bits per heavy atom. The van der Waals surface area contributed by atoms with Crippen LogP contribution in [-0.4, -0.2) is 9.55 Å². The molecule has 1 heterocycles. The summed E-state index contributed by atoms with van der Waals surface area (Å²) < 4.78 is 45.6. The van der Waals surface area contributed by atoms with Crippen LogP contribution in [0.2, 0.25) is 0 Å². The van der Waals surface area contributed by atoms with Crippen LogP contribution < -0.4 is 4.74 Å². The molecule has 0 atom stereocenters. The highest BCUT2D eigenvalue weighted by Gasteiger charge is 2.37. The van der Waals surface area contributed by atoms with E-state index in [1.54, 1.807) is 48.5 Å². The lowest BCUT2D eigenvalue weighted by Crippen LogP contribution is -2.17. The SMILES string of the molecule is FC(F)(F)c1nc2ccccc2n1COc1cc[c]cc1. The second-order valence-corrected chi connectivity index (χ2v) is 4.36. The van der Waals surface area contributed by atoms with E-state index in [0.717, 1.165) is 4.57 Å². The van der Waals surface area contributed by atoms with Crippen LogP contribution in [0.4, 0.5) is 13.2 Å². The summed E-state index contributed by atoms with van der Waals surface area (Å²) in [6.45, 7) is -0.265. The maximum absolute atomic E-state index is 13.1. The summed E-state index contributed by atoms with van der Waals surface area (Å²) in [7, 11) is 0. The molecular formula is C15H10F3N2O. The topological polar surface area (TPSA) is 27.1 Å². The summed E-state index contributed by atoms with van der Waals surface area (Å²) in [4.78, 5) is 3.65. The van der Waals surface area contributed by atoms with Crippen LogP contribution in [0.15, 0.2) is 48.5 Å². The van der Waals surface area contributed by atoms with Crippen molar-refractivity contribution in [2.45, 2.75) is 12.9 Å². The summed E-state index contributed by atoms with van der Waals surface area (Å²) in [5, 5.41) is 0. The average Bonchev–Trinajstić information content (AvgIpc) is 2.85. The number of alkyl halides is 3. The van der Waals surface area contributed by atoms with Crippen molar-refractivity contribution in [1.82, 2.24) is 9.55 Å². The third kappa shape index (κ3) is 2.69. The van der Waals surface area contributed by atoms with E-state index >= 15 is 0 Å². The van der Waals surface area contributed by atoms with Gasteiger partial charge in [0.25, 0.3) is 0 Å². The molecular weight excluding hydrogens is 281 g/mol. The highest BCUT2D eigenvalue weighted by molar-refractivity contribution is 5.76. The van der Waals surface area contributed by atoms with Gasteiger partial charge in [-0.3, -0.25) is 4.57 Å². The summed E-state index contributed by atoms with van der Waals surface area (Å²) >= 11 is 0. The molecule has 0 aliphatic rings. The number of hydrogen-bond acceptors (Lipinski definition) is 2. The number of ether oxygens (including phenoxy) is 1. The molecule has 0 saturated heterocycles. The fourth-order valence-corrected chi connectivity index (χ4v) is 2.03. The lowest BCUT2D eigenvalue weighted by Gasteiger charge is -2.12. The molecule has 0 bridgehead atoms. The molecule has 6 heteroatoms. The smallest absolute Gasteiger partial charge is 0.449 e. The summed E-state index contributed by atoms with van der Waals surface area (Å²) in [6, 6.07) is 15.8. The highest BCUT2D eigenvalue weighted by Crippen LogP contribution is 2.31. The van der Waals surface area contributed by atoms with Gasteiger partial charge in [0.05, 0.1) is 11.0 Å². The van der Waals surface area contributed by atoms with Gasteiger partial charge in [-0.1, -0.05) is 24.3 Å². The predicted molar refractivity (Wildman–Crippen MR) is 70.6 cm³/mol. The fraction of sp³-hybridized carbons (Fsp3) is 0.133. The lowest BCUT2D eigenvalue weighted by atomic mass is 10.3. The van der Waals surface area contributed by atoms with Crippen molar-refractivity contribution >= 4 is 11.0 Å². The fourth-order valence-electron chi connectivity index (χ4n) is 2.03. The molecule has 0 aliphatic heterocycles. The Kier molecular flexibility index (Phi) is 3.29. The molecule has 107 valence electrons. The maximum Gasteiger partial charge on any atom is 0.449 e. The van der Waals surface area contributed by atoms with Crippen LogP contribution in [0.3, 0.4) is 0 Å². The van der Waals surface area contributed by atoms with Gasteiger partial charge in [0, 0.05) is 0 Å². The van der Waals surface area contributed by atoms with E-state index in [2.05, 4.69) is 11.1 Å². The van der Waals surface area contributed by atoms with Crippen molar-refractivity contribution < 1.29 is 17.9 Å². The molecule has 0 aliphatic carbocycles. The largest absolute Gasteiger partial charge is 0.473 e. The Morgan fingerprint density at radius 2 is 1.81 bits per heavy atom. The van der Waals surface area contributed by atoms with Gasteiger partial charge in [0.2, 0.25) is 5.82 Å². The first-order valence-electron chi connectivity index (χ1n) is 6.17. The van der Waals surface area contributed by atoms with Gasteiger partial charge >= 0.3 is 6.18 Å². The van der Waals surface area contributed by atoms with Crippen molar-refractivity contribution in [3.05, 3.63) is 60.4 Å². The quantitative estimate of drug-likeness (QED) is 0.732. The van der Waals surface area contributed by atoms with Gasteiger partial charge in [-0.15, -0.1) is 0 Å². The number of benzene rings is 2. The molecule has 0 spiro atoms. The standard InChI is InChI=1S/C15H10F3N2O/c16-15(17,18)14-19-12-8-4-5-9-13(12)20(14)10-21-11-6-2-1-3-7-11/h2-9H,10H2. The summed E-state index contributed by atoms with van der Waals surface area (Å²) in [6.07, 6.45) is -4.53. The molecule has 3 aromatic rings. The zero-order chi connectivity index (χ0) is 14.9. The molecule has 2 aromatic carbocycles. The van der Waals surface area contributed by atoms with E-state index in [4.69, 9.17) is 4.74 Å². The Hall–Kier alpha value is -2.50. The van der Waals surface area contributed by atoms with Crippen molar-refractivity contribution in [2.75, 3.05) is 0 Å². The van der Waals surface area contributed by atoms with Crippen LogP contribution in [0.1, 0.15) is 5.82 Å². The first kappa shape index (κ1) is 13.5. The molecule has 3 nitrogen and oxygen atoms in total. The van der Waals surface area contributed by atoms with E-state index in [1.165, 1.54) is 0 Å². The first-order chi connectivity index (χ1) is 10.1. The van der Waals surface area contributed by atoms with Gasteiger partial charge in [-0.05, 0) is 30.3 Å². The number of aromatic nitrogens is 2. The van der Waals surface area contributed by atoms with E-state index in [0.29, 0.717) is 11.3 Å². The van der Waals surface area contributed by atoms with E-state index in [1.807, 2.05) is 0 Å². The average molecular weight is 291 g/mol. The predicted octanol–water partition coefficient (Wildman–Crippen LogP) is 3.89. The molecule has 0 N–H and O–H groups in total. The molecule has 1 radical (unpaired) electrons. The lowest BCUT2D eigenvalue weighted by molar-refractivity contribution is -0.148. The first-order valence-corrected chi connectivity index (χ1v) is 6.17. The monoisotopic (exact) mass is 291 g/mol. The van der Waals surface area contributed by atoms with Gasteiger partial charge in [-0.25, -0.2) is 4.98 Å². The van der Waals surface area contributed by atoms with Crippen molar-refractivity contribution in [3.63, 3.8) is 0 Å². The van der Waals surface area contributed by atoms with Gasteiger partial charge in [0.15, 0.2) is 6.73 Å². The molecule has 0 amide bonds. The number of rotatable bonds is 3. The Labute approximate surface area is 118 Å². The number of nitrogens with zero attached hydrogens (tertiary/aromatic N) is 2. The molecule has 3 rings (SSSR count). The minimum Gasteiger partial charge on any atom is -0.473 e. The molecule has 1 aromatic heterocycles. The van der Waals surface area contributed by atoms with E-state index in [9.17, 15) is 13.2 Å². The molecule has 21 heavy (non-hydrogen) atoms.